The summed E-state index contributed by atoms with van der Waals surface area (Å²) >= 11 is 0. The lowest BCUT2D eigenvalue weighted by molar-refractivity contribution is 1.74. The summed E-state index contributed by atoms with van der Waals surface area (Å²) in [5.74, 6) is 0. The number of hydrogen-bond acceptors (Lipinski definition) is 0. The minimum atomic E-state index is 0. The number of allylic oxidation sites excluding steroid dienone is 3. The molecule has 0 amide bonds. The molecule has 0 atom stereocenters. The van der Waals surface area contributed by atoms with Crippen LogP contribution in [0, 0.1) is 0 Å². The van der Waals surface area contributed by atoms with E-state index in [0.29, 0.717) is 0 Å². The lowest BCUT2D eigenvalue weighted by Gasteiger charge is -1.56. The van der Waals surface area contributed by atoms with Crippen LogP contribution in [0.15, 0.2) is 24.8 Å². The van der Waals surface area contributed by atoms with Gasteiger partial charge in [-0.15, -0.1) is 34.0 Å². The second-order valence-corrected chi connectivity index (χ2v) is 0.761. The maximum absolute atomic E-state index is 3.46. The molecule has 0 fully saturated rings. The van der Waals surface area contributed by atoms with E-state index < -0.39 is 0 Å². The van der Waals surface area contributed by atoms with E-state index >= 15 is 0 Å². The molecule has 0 rings (SSSR count). The standard InChI is InChI=1S/C5H8.2BrH/c1-3-5-4-2;;/h3-5H,1H2,2H3;2*1H. The molecule has 0 bridgehead atoms. The summed E-state index contributed by atoms with van der Waals surface area (Å²) in [6.45, 7) is 5.42. The Morgan fingerprint density at radius 2 is 1.71 bits per heavy atom. The van der Waals surface area contributed by atoms with Crippen molar-refractivity contribution >= 4 is 34.0 Å². The van der Waals surface area contributed by atoms with Gasteiger partial charge in [0.15, 0.2) is 0 Å². The Morgan fingerprint density at radius 1 is 1.29 bits per heavy atom. The zero-order valence-electron chi connectivity index (χ0n) is 4.26. The third-order valence-electron chi connectivity index (χ3n) is 0.329. The summed E-state index contributed by atoms with van der Waals surface area (Å²) in [5.41, 5.74) is 0. The summed E-state index contributed by atoms with van der Waals surface area (Å²) in [6, 6.07) is 0. The molecular formula is C5H10Br2. The molecule has 7 heavy (non-hydrogen) atoms. The Hall–Kier alpha value is 0.440. The Kier molecular flexibility index (Phi) is 36.0. The van der Waals surface area contributed by atoms with Crippen molar-refractivity contribution in [2.75, 3.05) is 0 Å². The van der Waals surface area contributed by atoms with Crippen LogP contribution in [0.3, 0.4) is 0 Å². The summed E-state index contributed by atoms with van der Waals surface area (Å²) in [4.78, 5) is 0. The highest BCUT2D eigenvalue weighted by Gasteiger charge is 1.42. The maximum Gasteiger partial charge on any atom is -0.0467 e. The van der Waals surface area contributed by atoms with Crippen molar-refractivity contribution in [3.05, 3.63) is 24.8 Å². The summed E-state index contributed by atoms with van der Waals surface area (Å²) in [7, 11) is 0. The first-order valence-electron chi connectivity index (χ1n) is 1.65. The fraction of sp³-hybridized carbons (Fsp3) is 0.200. The van der Waals surface area contributed by atoms with Crippen molar-refractivity contribution in [2.24, 2.45) is 0 Å². The van der Waals surface area contributed by atoms with E-state index in [2.05, 4.69) is 6.58 Å². The van der Waals surface area contributed by atoms with Crippen LogP contribution < -0.4 is 0 Å². The molecule has 0 unspecified atom stereocenters. The second-order valence-electron chi connectivity index (χ2n) is 0.761. The van der Waals surface area contributed by atoms with Crippen LogP contribution in [0.4, 0.5) is 0 Å². The summed E-state index contributed by atoms with van der Waals surface area (Å²) < 4.78 is 0. The highest BCUT2D eigenvalue weighted by Crippen LogP contribution is 1.64. The molecule has 0 aliphatic heterocycles. The Morgan fingerprint density at radius 3 is 1.71 bits per heavy atom. The summed E-state index contributed by atoms with van der Waals surface area (Å²) in [6.07, 6.45) is 5.58. The van der Waals surface area contributed by atoms with Crippen LogP contribution in [-0.2, 0) is 0 Å². The molecule has 44 valence electrons. The lowest BCUT2D eigenvalue weighted by Crippen LogP contribution is -1.33. The molecule has 0 aromatic carbocycles. The molecule has 0 aliphatic rings. The molecule has 0 aliphatic carbocycles. The summed E-state index contributed by atoms with van der Waals surface area (Å²) in [5, 5.41) is 0. The van der Waals surface area contributed by atoms with Crippen molar-refractivity contribution in [2.45, 2.75) is 6.92 Å². The Bertz CT molecular complexity index is 48.0. The van der Waals surface area contributed by atoms with Gasteiger partial charge in [-0.3, -0.25) is 0 Å². The van der Waals surface area contributed by atoms with Gasteiger partial charge in [-0.25, -0.2) is 0 Å². The molecule has 0 aromatic heterocycles. The normalized spacial score (nSPS) is 6.43. The average molecular weight is 230 g/mol. The molecule has 0 spiro atoms. The van der Waals surface area contributed by atoms with Gasteiger partial charge in [-0.1, -0.05) is 24.8 Å². The molecule has 0 nitrogen and oxygen atoms in total. The second kappa shape index (κ2) is 16.1. The highest BCUT2D eigenvalue weighted by atomic mass is 79.9. The minimum Gasteiger partial charge on any atom is -0.114 e. The van der Waals surface area contributed by atoms with Crippen LogP contribution in [0.25, 0.3) is 0 Å². The highest BCUT2D eigenvalue weighted by molar-refractivity contribution is 8.93. The molecule has 0 heterocycles. The first-order chi connectivity index (χ1) is 2.41. The van der Waals surface area contributed by atoms with Crippen LogP contribution in [0.1, 0.15) is 6.92 Å². The SMILES string of the molecule is Br.Br.C=CC=CC. The fourth-order valence-corrected chi connectivity index (χ4v) is 0.136. The largest absolute Gasteiger partial charge is 0.114 e. The molecule has 0 aromatic rings. The van der Waals surface area contributed by atoms with Gasteiger partial charge in [0.05, 0.1) is 0 Å². The fourth-order valence-electron chi connectivity index (χ4n) is 0.136. The maximum atomic E-state index is 3.46. The van der Waals surface area contributed by atoms with Gasteiger partial charge in [0, 0.05) is 0 Å². The monoisotopic (exact) mass is 228 g/mol. The molecular weight excluding hydrogens is 220 g/mol. The third kappa shape index (κ3) is 21.3. The van der Waals surface area contributed by atoms with Gasteiger partial charge < -0.3 is 0 Å². The zero-order valence-corrected chi connectivity index (χ0v) is 7.68. The number of halogens is 2. The van der Waals surface area contributed by atoms with Crippen molar-refractivity contribution in [3.63, 3.8) is 0 Å². The van der Waals surface area contributed by atoms with Crippen LogP contribution in [0.5, 0.6) is 0 Å². The minimum absolute atomic E-state index is 0. The van der Waals surface area contributed by atoms with Crippen LogP contribution >= 0.6 is 34.0 Å². The molecule has 0 saturated carbocycles. The van der Waals surface area contributed by atoms with E-state index in [4.69, 9.17) is 0 Å². The van der Waals surface area contributed by atoms with Gasteiger partial charge in [-0.2, -0.15) is 0 Å². The molecule has 0 saturated heterocycles. The zero-order chi connectivity index (χ0) is 4.12. The predicted octanol–water partition coefficient (Wildman–Crippen LogP) is 2.90. The number of hydrogen-bond donors (Lipinski definition) is 0. The lowest BCUT2D eigenvalue weighted by atomic mass is 10.5. The molecule has 0 N–H and O–H groups in total. The predicted molar refractivity (Wildman–Crippen MR) is 45.7 cm³/mol. The van der Waals surface area contributed by atoms with Gasteiger partial charge in [0.2, 0.25) is 0 Å². The van der Waals surface area contributed by atoms with E-state index in [0.717, 1.165) is 0 Å². The van der Waals surface area contributed by atoms with E-state index in [-0.39, 0.29) is 34.0 Å². The molecule has 0 radical (unpaired) electrons. The van der Waals surface area contributed by atoms with E-state index in [1.165, 1.54) is 0 Å². The van der Waals surface area contributed by atoms with Crippen molar-refractivity contribution in [3.8, 4) is 0 Å². The quantitative estimate of drug-likeness (QED) is 0.607. The molecule has 2 heteroatoms. The van der Waals surface area contributed by atoms with E-state index in [1.807, 2.05) is 19.1 Å². The number of rotatable bonds is 1. The average Bonchev–Trinajstić information content (AvgIpc) is 1.41. The van der Waals surface area contributed by atoms with Gasteiger partial charge in [0.25, 0.3) is 0 Å². The van der Waals surface area contributed by atoms with Crippen LogP contribution in [0.2, 0.25) is 0 Å². The van der Waals surface area contributed by atoms with E-state index in [1.54, 1.807) is 6.08 Å². The van der Waals surface area contributed by atoms with Gasteiger partial charge in [-0.05, 0) is 6.92 Å². The van der Waals surface area contributed by atoms with Crippen LogP contribution in [-0.4, -0.2) is 0 Å². The first kappa shape index (κ1) is 15.7. The Balaban J connectivity index is -0.0000000800. The van der Waals surface area contributed by atoms with Gasteiger partial charge >= 0.3 is 0 Å². The van der Waals surface area contributed by atoms with Gasteiger partial charge in [0.1, 0.15) is 0 Å². The van der Waals surface area contributed by atoms with Crippen molar-refractivity contribution < 1.29 is 0 Å². The van der Waals surface area contributed by atoms with E-state index in [9.17, 15) is 0 Å². The first-order valence-corrected chi connectivity index (χ1v) is 1.65. The van der Waals surface area contributed by atoms with Crippen molar-refractivity contribution in [1.29, 1.82) is 0 Å². The Labute approximate surface area is 65.8 Å². The third-order valence-corrected chi connectivity index (χ3v) is 0.329. The smallest absolute Gasteiger partial charge is 0.0467 e. The van der Waals surface area contributed by atoms with Crippen molar-refractivity contribution in [1.82, 2.24) is 0 Å². The topological polar surface area (TPSA) is 0 Å².